The predicted octanol–water partition coefficient (Wildman–Crippen LogP) is 3.08. The summed E-state index contributed by atoms with van der Waals surface area (Å²) in [6, 6.07) is 9.48. The first kappa shape index (κ1) is 19.1. The summed E-state index contributed by atoms with van der Waals surface area (Å²) in [5.74, 6) is -0.384. The second kappa shape index (κ2) is 8.00. The molecule has 0 radical (unpaired) electrons. The second-order valence-corrected chi connectivity index (χ2v) is 7.63. The van der Waals surface area contributed by atoms with Crippen molar-refractivity contribution in [2.24, 2.45) is 0 Å². The van der Waals surface area contributed by atoms with Gasteiger partial charge in [-0.1, -0.05) is 6.07 Å². The van der Waals surface area contributed by atoms with Crippen LogP contribution in [0.15, 0.2) is 52.9 Å². The summed E-state index contributed by atoms with van der Waals surface area (Å²) in [6.07, 6.45) is 3.48. The molecule has 148 valence electrons. The van der Waals surface area contributed by atoms with Gasteiger partial charge in [0.1, 0.15) is 16.9 Å². The molecule has 0 bridgehead atoms. The summed E-state index contributed by atoms with van der Waals surface area (Å²) in [5.41, 5.74) is 2.18. The molecule has 0 aromatic carbocycles. The van der Waals surface area contributed by atoms with E-state index in [4.69, 9.17) is 0 Å². The Hall–Kier alpha value is -3.26. The van der Waals surface area contributed by atoms with Gasteiger partial charge in [0.25, 0.3) is 5.91 Å². The highest BCUT2D eigenvalue weighted by atomic mass is 32.1. The fourth-order valence-electron chi connectivity index (χ4n) is 3.18. The van der Waals surface area contributed by atoms with Crippen LogP contribution in [-0.2, 0) is 13.1 Å². The maximum Gasteiger partial charge on any atom is 0.256 e. The van der Waals surface area contributed by atoms with Crippen molar-refractivity contribution in [1.82, 2.24) is 24.6 Å². The first-order valence-corrected chi connectivity index (χ1v) is 10.3. The van der Waals surface area contributed by atoms with E-state index in [1.165, 1.54) is 0 Å². The highest BCUT2D eigenvalue weighted by Crippen LogP contribution is 2.22. The second-order valence-electron chi connectivity index (χ2n) is 6.68. The third kappa shape index (κ3) is 3.84. The van der Waals surface area contributed by atoms with E-state index in [0.29, 0.717) is 30.7 Å². The average Bonchev–Trinajstić information content (AvgIpc) is 3.40. The van der Waals surface area contributed by atoms with Crippen LogP contribution in [0.3, 0.4) is 0 Å². The van der Waals surface area contributed by atoms with E-state index in [0.717, 1.165) is 16.3 Å². The van der Waals surface area contributed by atoms with E-state index in [9.17, 15) is 9.59 Å². The van der Waals surface area contributed by atoms with E-state index in [1.807, 2.05) is 48.2 Å². The molecular formula is C21H21N5O2S. The zero-order valence-electron chi connectivity index (χ0n) is 16.3. The summed E-state index contributed by atoms with van der Waals surface area (Å²) in [6.45, 7) is 5.35. The summed E-state index contributed by atoms with van der Waals surface area (Å²) in [4.78, 5) is 31.0. The Kier molecular flexibility index (Phi) is 5.26. The Morgan fingerprint density at radius 3 is 2.86 bits per heavy atom. The number of amides is 1. The molecule has 4 aromatic rings. The van der Waals surface area contributed by atoms with Crippen molar-refractivity contribution in [3.05, 3.63) is 69.6 Å². The molecule has 0 spiro atoms. The maximum atomic E-state index is 12.8. The van der Waals surface area contributed by atoms with Gasteiger partial charge in [0.2, 0.25) is 5.43 Å². The zero-order chi connectivity index (χ0) is 20.4. The molecule has 1 amide bonds. The van der Waals surface area contributed by atoms with Gasteiger partial charge in [-0.05, 0) is 43.5 Å². The molecule has 8 heteroatoms. The predicted molar refractivity (Wildman–Crippen MR) is 114 cm³/mol. The minimum atomic E-state index is -0.384. The Labute approximate surface area is 171 Å². The van der Waals surface area contributed by atoms with Crippen molar-refractivity contribution in [1.29, 1.82) is 0 Å². The fraction of sp³-hybridized carbons (Fsp3) is 0.238. The molecule has 0 saturated heterocycles. The summed E-state index contributed by atoms with van der Waals surface area (Å²) >= 11 is 1.63. The molecule has 1 N–H and O–H groups in total. The molecule has 0 aliphatic carbocycles. The van der Waals surface area contributed by atoms with Crippen LogP contribution in [-0.4, -0.2) is 31.8 Å². The first-order chi connectivity index (χ1) is 14.1. The monoisotopic (exact) mass is 407 g/mol. The zero-order valence-corrected chi connectivity index (χ0v) is 17.1. The lowest BCUT2D eigenvalue weighted by Gasteiger charge is -2.11. The van der Waals surface area contributed by atoms with Crippen LogP contribution in [0.1, 0.15) is 23.0 Å². The number of pyridine rings is 2. The molecule has 0 saturated carbocycles. The van der Waals surface area contributed by atoms with Crippen LogP contribution in [0.25, 0.3) is 21.6 Å². The van der Waals surface area contributed by atoms with Gasteiger partial charge in [-0.25, -0.2) is 4.98 Å². The minimum absolute atomic E-state index is 0.129. The lowest BCUT2D eigenvalue weighted by molar-refractivity contribution is 0.0950. The van der Waals surface area contributed by atoms with Crippen molar-refractivity contribution in [3.8, 4) is 10.6 Å². The van der Waals surface area contributed by atoms with Gasteiger partial charge in [0.05, 0.1) is 16.8 Å². The van der Waals surface area contributed by atoms with Crippen molar-refractivity contribution in [2.75, 3.05) is 6.54 Å². The topological polar surface area (TPSA) is 81.8 Å². The molecule has 0 atom stereocenters. The number of hydrogen-bond acceptors (Lipinski definition) is 5. The van der Waals surface area contributed by atoms with Crippen LogP contribution in [0.5, 0.6) is 0 Å². The van der Waals surface area contributed by atoms with Crippen LogP contribution >= 0.6 is 11.3 Å². The quantitative estimate of drug-likeness (QED) is 0.533. The molecule has 4 aromatic heterocycles. The lowest BCUT2D eigenvalue weighted by atomic mass is 10.1. The van der Waals surface area contributed by atoms with Crippen molar-refractivity contribution >= 4 is 28.3 Å². The van der Waals surface area contributed by atoms with E-state index in [1.54, 1.807) is 34.3 Å². The number of aryl methyl sites for hydroxylation is 2. The Morgan fingerprint density at radius 1 is 1.24 bits per heavy atom. The minimum Gasteiger partial charge on any atom is -0.350 e. The number of thiophene rings is 1. The fourth-order valence-corrected chi connectivity index (χ4v) is 3.87. The van der Waals surface area contributed by atoms with E-state index in [-0.39, 0.29) is 16.9 Å². The molecule has 0 aliphatic heterocycles. The van der Waals surface area contributed by atoms with Crippen molar-refractivity contribution < 1.29 is 4.79 Å². The molecule has 0 unspecified atom stereocenters. The highest BCUT2D eigenvalue weighted by Gasteiger charge is 2.16. The van der Waals surface area contributed by atoms with Gasteiger partial charge < -0.3 is 9.88 Å². The van der Waals surface area contributed by atoms with Gasteiger partial charge in [-0.2, -0.15) is 5.10 Å². The van der Waals surface area contributed by atoms with E-state index in [2.05, 4.69) is 15.4 Å². The molecule has 0 aliphatic rings. The first-order valence-electron chi connectivity index (χ1n) is 9.43. The smallest absolute Gasteiger partial charge is 0.256 e. The van der Waals surface area contributed by atoms with Gasteiger partial charge in [-0.3, -0.25) is 14.3 Å². The number of nitrogens with zero attached hydrogens (tertiary/aromatic N) is 4. The summed E-state index contributed by atoms with van der Waals surface area (Å²) in [7, 11) is 0. The highest BCUT2D eigenvalue weighted by molar-refractivity contribution is 7.13. The van der Waals surface area contributed by atoms with Crippen LogP contribution in [0, 0.1) is 6.92 Å². The summed E-state index contributed by atoms with van der Waals surface area (Å²) in [5, 5.41) is 9.82. The van der Waals surface area contributed by atoms with Crippen molar-refractivity contribution in [3.63, 3.8) is 0 Å². The van der Waals surface area contributed by atoms with Gasteiger partial charge >= 0.3 is 0 Å². The average molecular weight is 407 g/mol. The molecule has 0 fully saturated rings. The molecule has 4 heterocycles. The van der Waals surface area contributed by atoms with Crippen LogP contribution < -0.4 is 10.7 Å². The van der Waals surface area contributed by atoms with E-state index < -0.39 is 0 Å². The number of carbonyl (C=O) groups is 1. The van der Waals surface area contributed by atoms with E-state index >= 15 is 0 Å². The van der Waals surface area contributed by atoms with Crippen molar-refractivity contribution in [2.45, 2.75) is 26.9 Å². The number of rotatable bonds is 6. The molecule has 29 heavy (non-hydrogen) atoms. The Morgan fingerprint density at radius 2 is 2.10 bits per heavy atom. The standard InChI is InChI=1S/C21H21N5O2S/c1-3-25-13-16(19(27)15-7-6-14(2)23-20(15)25)21(28)22-9-11-26-10-8-17(24-26)18-5-4-12-29-18/h4-8,10,12-13H,3,9,11H2,1-2H3,(H,22,28). The number of fused-ring (bicyclic) bond motifs is 1. The largest absolute Gasteiger partial charge is 0.350 e. The van der Waals surface area contributed by atoms with Crippen LogP contribution in [0.2, 0.25) is 0 Å². The third-order valence-electron chi connectivity index (χ3n) is 4.69. The lowest BCUT2D eigenvalue weighted by Crippen LogP contribution is -2.32. The van der Waals surface area contributed by atoms with Crippen LogP contribution in [0.4, 0.5) is 0 Å². The Bertz CT molecular complexity index is 1220. The number of hydrogen-bond donors (Lipinski definition) is 1. The van der Waals surface area contributed by atoms with Gasteiger partial charge in [0.15, 0.2) is 0 Å². The molecule has 7 nitrogen and oxygen atoms in total. The van der Waals surface area contributed by atoms with Gasteiger partial charge in [-0.15, -0.1) is 11.3 Å². The maximum absolute atomic E-state index is 12.8. The Balaban J connectivity index is 1.49. The summed E-state index contributed by atoms with van der Waals surface area (Å²) < 4.78 is 3.62. The van der Waals surface area contributed by atoms with Gasteiger partial charge in [0, 0.05) is 31.2 Å². The number of aromatic nitrogens is 4. The molecular weight excluding hydrogens is 386 g/mol. The SMILES string of the molecule is CCn1cc(C(=O)NCCn2ccc(-c3cccs3)n2)c(=O)c2ccc(C)nc21. The number of carbonyl (C=O) groups excluding carboxylic acids is 1. The third-order valence-corrected chi connectivity index (χ3v) is 5.58. The molecule has 4 rings (SSSR count). The number of nitrogens with one attached hydrogen (secondary N) is 1. The normalized spacial score (nSPS) is 11.1.